The SMILES string of the molecule is CC(=O)c1ccc(OS(=O)(=O)Oc2ccc(C(C)=O)cc2)cc1. The zero-order chi connectivity index (χ0) is 17.0. The van der Waals surface area contributed by atoms with Crippen molar-refractivity contribution < 1.29 is 26.4 Å². The standard InChI is InChI=1S/C16H14O6S/c1-11(17)13-3-7-15(8-4-13)21-23(19,20)22-16-9-5-14(6-10-16)12(2)18/h3-10H,1-2H3. The molecular weight excluding hydrogens is 320 g/mol. The predicted octanol–water partition coefficient (Wildman–Crippen LogP) is 2.79. The van der Waals surface area contributed by atoms with Crippen molar-refractivity contribution in [3.8, 4) is 11.5 Å². The lowest BCUT2D eigenvalue weighted by Gasteiger charge is -2.08. The van der Waals surface area contributed by atoms with Crippen LogP contribution in [0.1, 0.15) is 34.6 Å². The quantitative estimate of drug-likeness (QED) is 0.755. The fraction of sp³-hybridized carbons (Fsp3) is 0.125. The van der Waals surface area contributed by atoms with Crippen LogP contribution in [0.25, 0.3) is 0 Å². The summed E-state index contributed by atoms with van der Waals surface area (Å²) >= 11 is 0. The van der Waals surface area contributed by atoms with Crippen LogP contribution in [0.3, 0.4) is 0 Å². The zero-order valence-electron chi connectivity index (χ0n) is 12.5. The maximum Gasteiger partial charge on any atom is 0.500 e. The van der Waals surface area contributed by atoms with Crippen LogP contribution in [0, 0.1) is 0 Å². The predicted molar refractivity (Wildman–Crippen MR) is 83.1 cm³/mol. The molecule has 0 atom stereocenters. The summed E-state index contributed by atoms with van der Waals surface area (Å²) in [4.78, 5) is 22.3. The fourth-order valence-electron chi connectivity index (χ4n) is 1.74. The third kappa shape index (κ3) is 4.65. The number of carbonyl (C=O) groups excluding carboxylic acids is 2. The molecule has 0 saturated carbocycles. The highest BCUT2D eigenvalue weighted by atomic mass is 32.3. The second-order valence-corrected chi connectivity index (χ2v) is 5.89. The van der Waals surface area contributed by atoms with Crippen molar-refractivity contribution in [3.05, 3.63) is 59.7 Å². The molecule has 0 spiro atoms. The lowest BCUT2D eigenvalue weighted by Crippen LogP contribution is -2.16. The number of carbonyl (C=O) groups is 2. The Hall–Kier alpha value is -2.67. The summed E-state index contributed by atoms with van der Waals surface area (Å²) in [6, 6.07) is 11.2. The van der Waals surface area contributed by atoms with Gasteiger partial charge in [-0.2, -0.15) is 0 Å². The van der Waals surface area contributed by atoms with Gasteiger partial charge >= 0.3 is 10.4 Å². The van der Waals surface area contributed by atoms with E-state index in [0.29, 0.717) is 11.1 Å². The Kier molecular flexibility index (Phi) is 4.80. The minimum Gasteiger partial charge on any atom is -0.353 e. The molecule has 0 unspecified atom stereocenters. The maximum absolute atomic E-state index is 11.8. The summed E-state index contributed by atoms with van der Waals surface area (Å²) in [6.07, 6.45) is 0. The number of hydrogen-bond donors (Lipinski definition) is 0. The van der Waals surface area contributed by atoms with E-state index in [1.165, 1.54) is 62.4 Å². The van der Waals surface area contributed by atoms with E-state index in [4.69, 9.17) is 8.37 Å². The van der Waals surface area contributed by atoms with E-state index < -0.39 is 10.4 Å². The molecule has 6 nitrogen and oxygen atoms in total. The topological polar surface area (TPSA) is 86.7 Å². The molecule has 0 fully saturated rings. The van der Waals surface area contributed by atoms with Crippen LogP contribution in [-0.2, 0) is 10.4 Å². The van der Waals surface area contributed by atoms with E-state index in [9.17, 15) is 18.0 Å². The zero-order valence-corrected chi connectivity index (χ0v) is 13.3. The van der Waals surface area contributed by atoms with E-state index in [-0.39, 0.29) is 23.1 Å². The van der Waals surface area contributed by atoms with Crippen molar-refractivity contribution in [2.45, 2.75) is 13.8 Å². The highest BCUT2D eigenvalue weighted by Crippen LogP contribution is 2.19. The van der Waals surface area contributed by atoms with Gasteiger partial charge in [0.15, 0.2) is 11.6 Å². The summed E-state index contributed by atoms with van der Waals surface area (Å²) in [5.74, 6) is -0.229. The summed E-state index contributed by atoms with van der Waals surface area (Å²) in [7, 11) is -4.32. The molecule has 0 radical (unpaired) electrons. The Labute approximate surface area is 134 Å². The molecule has 0 aliphatic carbocycles. The van der Waals surface area contributed by atoms with Gasteiger partial charge in [-0.15, -0.1) is 8.42 Å². The van der Waals surface area contributed by atoms with Gasteiger partial charge in [-0.05, 0) is 62.4 Å². The van der Waals surface area contributed by atoms with E-state index in [2.05, 4.69) is 0 Å². The Morgan fingerprint density at radius 3 is 1.26 bits per heavy atom. The van der Waals surface area contributed by atoms with Crippen molar-refractivity contribution in [2.24, 2.45) is 0 Å². The lowest BCUT2D eigenvalue weighted by atomic mass is 10.1. The number of ketones is 2. The smallest absolute Gasteiger partial charge is 0.353 e. The molecule has 0 aliphatic heterocycles. The van der Waals surface area contributed by atoms with Gasteiger partial charge in [0, 0.05) is 11.1 Å². The van der Waals surface area contributed by atoms with Gasteiger partial charge in [0.25, 0.3) is 0 Å². The molecule has 2 rings (SSSR count). The Bertz CT molecular complexity index is 754. The number of rotatable bonds is 6. The first kappa shape index (κ1) is 16.7. The molecular formula is C16H14O6S. The first-order valence-electron chi connectivity index (χ1n) is 6.63. The van der Waals surface area contributed by atoms with Gasteiger partial charge in [-0.1, -0.05) is 0 Å². The van der Waals surface area contributed by atoms with Gasteiger partial charge in [-0.3, -0.25) is 9.59 Å². The minimum atomic E-state index is -4.32. The normalized spacial score (nSPS) is 10.9. The van der Waals surface area contributed by atoms with Gasteiger partial charge < -0.3 is 8.37 Å². The van der Waals surface area contributed by atoms with Crippen molar-refractivity contribution in [1.82, 2.24) is 0 Å². The summed E-state index contributed by atoms with van der Waals surface area (Å²) in [6.45, 7) is 2.81. The summed E-state index contributed by atoms with van der Waals surface area (Å²) < 4.78 is 33.2. The van der Waals surface area contributed by atoms with Crippen molar-refractivity contribution in [1.29, 1.82) is 0 Å². The van der Waals surface area contributed by atoms with Crippen LogP contribution < -0.4 is 8.37 Å². The van der Waals surface area contributed by atoms with Crippen LogP contribution in [0.4, 0.5) is 0 Å². The van der Waals surface area contributed by atoms with Crippen LogP contribution in [0.5, 0.6) is 11.5 Å². The molecule has 7 heteroatoms. The van der Waals surface area contributed by atoms with Crippen LogP contribution in [-0.4, -0.2) is 20.0 Å². The molecule has 0 heterocycles. The molecule has 120 valence electrons. The molecule has 0 amide bonds. The highest BCUT2D eigenvalue weighted by Gasteiger charge is 2.16. The average Bonchev–Trinajstić information content (AvgIpc) is 2.47. The summed E-state index contributed by atoms with van der Waals surface area (Å²) in [5, 5.41) is 0. The number of Topliss-reactive ketones (excluding diaryl/α,β-unsaturated/α-hetero) is 2. The van der Waals surface area contributed by atoms with E-state index in [0.717, 1.165) is 0 Å². The highest BCUT2D eigenvalue weighted by molar-refractivity contribution is 7.82. The third-order valence-corrected chi connectivity index (χ3v) is 3.71. The Balaban J connectivity index is 2.09. The Morgan fingerprint density at radius 2 is 1.00 bits per heavy atom. The van der Waals surface area contributed by atoms with Gasteiger partial charge in [0.2, 0.25) is 0 Å². The van der Waals surface area contributed by atoms with Crippen LogP contribution in [0.15, 0.2) is 48.5 Å². The second kappa shape index (κ2) is 6.62. The van der Waals surface area contributed by atoms with E-state index in [1.807, 2.05) is 0 Å². The number of benzene rings is 2. The average molecular weight is 334 g/mol. The minimum absolute atomic E-state index is 0.0235. The third-order valence-electron chi connectivity index (χ3n) is 2.92. The fourth-order valence-corrected chi connectivity index (χ4v) is 2.47. The molecule has 0 N–H and O–H groups in total. The monoisotopic (exact) mass is 334 g/mol. The van der Waals surface area contributed by atoms with Gasteiger partial charge in [0.05, 0.1) is 0 Å². The largest absolute Gasteiger partial charge is 0.500 e. The molecule has 2 aromatic rings. The van der Waals surface area contributed by atoms with Crippen molar-refractivity contribution in [2.75, 3.05) is 0 Å². The van der Waals surface area contributed by atoms with Gasteiger partial charge in [-0.25, -0.2) is 0 Å². The first-order chi connectivity index (χ1) is 10.8. The van der Waals surface area contributed by atoms with Crippen molar-refractivity contribution >= 4 is 22.0 Å². The molecule has 2 aromatic carbocycles. The lowest BCUT2D eigenvalue weighted by molar-refractivity contribution is 0.100. The van der Waals surface area contributed by atoms with E-state index in [1.54, 1.807) is 0 Å². The molecule has 0 aromatic heterocycles. The maximum atomic E-state index is 11.8. The number of hydrogen-bond acceptors (Lipinski definition) is 6. The summed E-state index contributed by atoms with van der Waals surface area (Å²) in [5.41, 5.74) is 0.881. The van der Waals surface area contributed by atoms with Gasteiger partial charge in [0.1, 0.15) is 11.5 Å². The second-order valence-electron chi connectivity index (χ2n) is 4.74. The molecule has 0 aliphatic rings. The first-order valence-corrected chi connectivity index (χ1v) is 7.96. The van der Waals surface area contributed by atoms with Crippen molar-refractivity contribution in [3.63, 3.8) is 0 Å². The molecule has 0 saturated heterocycles. The molecule has 23 heavy (non-hydrogen) atoms. The van der Waals surface area contributed by atoms with Crippen LogP contribution in [0.2, 0.25) is 0 Å². The molecule has 0 bridgehead atoms. The van der Waals surface area contributed by atoms with E-state index >= 15 is 0 Å². The van der Waals surface area contributed by atoms with Crippen LogP contribution >= 0.6 is 0 Å². The Morgan fingerprint density at radius 1 is 0.696 bits per heavy atom.